The highest BCUT2D eigenvalue weighted by Gasteiger charge is 2.47. The van der Waals surface area contributed by atoms with Crippen molar-refractivity contribution in [2.75, 3.05) is 0 Å². The van der Waals surface area contributed by atoms with Gasteiger partial charge in [0.1, 0.15) is 0 Å². The van der Waals surface area contributed by atoms with Gasteiger partial charge in [0, 0.05) is 0 Å². The van der Waals surface area contributed by atoms with Crippen molar-refractivity contribution in [2.24, 2.45) is 17.3 Å². The molecule has 2 aliphatic carbocycles. The Bertz CT molecular complexity index is 286. The van der Waals surface area contributed by atoms with Crippen molar-refractivity contribution in [3.05, 3.63) is 11.6 Å². The fraction of sp³-hybridized carbons (Fsp3) is 0.857. The Hall–Kier alpha value is -0.300. The molecule has 86 valence electrons. The molecule has 1 nitrogen and oxygen atoms in total. The Kier molecular flexibility index (Phi) is 2.50. The van der Waals surface area contributed by atoms with Gasteiger partial charge in [-0.3, -0.25) is 0 Å². The van der Waals surface area contributed by atoms with E-state index in [1.165, 1.54) is 24.8 Å². The molecule has 1 N–H and O–H groups in total. The van der Waals surface area contributed by atoms with E-state index in [0.717, 1.165) is 6.42 Å². The molecule has 0 unspecified atom stereocenters. The zero-order chi connectivity index (χ0) is 11.3. The van der Waals surface area contributed by atoms with Gasteiger partial charge in [-0.15, -0.1) is 0 Å². The fourth-order valence-corrected chi connectivity index (χ4v) is 3.67. The molecule has 0 aliphatic heterocycles. The second-order valence-corrected chi connectivity index (χ2v) is 6.75. The normalized spacial score (nSPS) is 44.5. The molecule has 2 aliphatic rings. The fourth-order valence-electron chi connectivity index (χ4n) is 3.67. The molecule has 0 aromatic rings. The summed E-state index contributed by atoms with van der Waals surface area (Å²) < 4.78 is 0. The Morgan fingerprint density at radius 2 is 1.93 bits per heavy atom. The van der Waals surface area contributed by atoms with Gasteiger partial charge in [-0.05, 0) is 56.8 Å². The summed E-state index contributed by atoms with van der Waals surface area (Å²) in [4.78, 5) is 0. The Morgan fingerprint density at radius 3 is 2.60 bits per heavy atom. The standard InChI is InChI=1S/C14H24O/c1-10-5-6-14(4,15)12-9-13(2,3)8-11(12)7-10/h5,11-12,15H,6-9H2,1-4H3/t11-,12+,14-/m0/s1. The molecular formula is C14H24O. The monoisotopic (exact) mass is 208 g/mol. The summed E-state index contributed by atoms with van der Waals surface area (Å²) in [5.41, 5.74) is 1.42. The first-order valence-corrected chi connectivity index (χ1v) is 6.18. The molecule has 3 atom stereocenters. The number of hydrogen-bond acceptors (Lipinski definition) is 1. The lowest BCUT2D eigenvalue weighted by molar-refractivity contribution is -0.0137. The third-order valence-electron chi connectivity index (χ3n) is 4.40. The minimum absolute atomic E-state index is 0.428. The van der Waals surface area contributed by atoms with Crippen LogP contribution >= 0.6 is 0 Å². The van der Waals surface area contributed by atoms with E-state index in [2.05, 4.69) is 26.8 Å². The van der Waals surface area contributed by atoms with E-state index in [9.17, 15) is 5.11 Å². The zero-order valence-electron chi connectivity index (χ0n) is 10.5. The SMILES string of the molecule is CC1=CC[C@](C)(O)[C@@H]2CC(C)(C)C[C@@H]2C1. The predicted octanol–water partition coefficient (Wildman–Crippen LogP) is 3.53. The Balaban J connectivity index is 2.27. The van der Waals surface area contributed by atoms with Crippen LogP contribution < -0.4 is 0 Å². The van der Waals surface area contributed by atoms with Crippen molar-refractivity contribution in [1.29, 1.82) is 0 Å². The molecule has 15 heavy (non-hydrogen) atoms. The second kappa shape index (κ2) is 3.35. The number of fused-ring (bicyclic) bond motifs is 1. The van der Waals surface area contributed by atoms with Gasteiger partial charge in [0.2, 0.25) is 0 Å². The first kappa shape index (κ1) is 11.2. The lowest BCUT2D eigenvalue weighted by Gasteiger charge is -2.32. The summed E-state index contributed by atoms with van der Waals surface area (Å²) in [6.07, 6.45) is 6.75. The molecule has 1 heteroatoms. The van der Waals surface area contributed by atoms with Crippen LogP contribution in [0.15, 0.2) is 11.6 Å². The van der Waals surface area contributed by atoms with Crippen LogP contribution in [0.4, 0.5) is 0 Å². The number of rotatable bonds is 0. The third kappa shape index (κ3) is 2.13. The lowest BCUT2D eigenvalue weighted by atomic mass is 9.79. The van der Waals surface area contributed by atoms with Crippen molar-refractivity contribution in [2.45, 2.75) is 59.0 Å². The van der Waals surface area contributed by atoms with Gasteiger partial charge >= 0.3 is 0 Å². The van der Waals surface area contributed by atoms with Crippen LogP contribution in [0.3, 0.4) is 0 Å². The lowest BCUT2D eigenvalue weighted by Crippen LogP contribution is -2.35. The van der Waals surface area contributed by atoms with E-state index in [-0.39, 0.29) is 0 Å². The van der Waals surface area contributed by atoms with E-state index in [0.29, 0.717) is 17.3 Å². The van der Waals surface area contributed by atoms with Crippen molar-refractivity contribution in [1.82, 2.24) is 0 Å². The highest BCUT2D eigenvalue weighted by Crippen LogP contribution is 2.53. The van der Waals surface area contributed by atoms with Crippen LogP contribution in [0.25, 0.3) is 0 Å². The molecule has 0 spiro atoms. The molecule has 0 saturated heterocycles. The molecule has 1 saturated carbocycles. The first-order valence-electron chi connectivity index (χ1n) is 6.18. The maximum absolute atomic E-state index is 10.5. The molecule has 1 fully saturated rings. The summed E-state index contributed by atoms with van der Waals surface area (Å²) in [6, 6.07) is 0. The minimum atomic E-state index is -0.476. The van der Waals surface area contributed by atoms with Gasteiger partial charge in [-0.25, -0.2) is 0 Å². The van der Waals surface area contributed by atoms with Gasteiger partial charge < -0.3 is 5.11 Å². The van der Waals surface area contributed by atoms with E-state index >= 15 is 0 Å². The van der Waals surface area contributed by atoms with Crippen LogP contribution in [0.5, 0.6) is 0 Å². The molecule has 0 amide bonds. The number of hydrogen-bond donors (Lipinski definition) is 1. The zero-order valence-corrected chi connectivity index (χ0v) is 10.5. The van der Waals surface area contributed by atoms with E-state index in [1.807, 2.05) is 6.92 Å². The van der Waals surface area contributed by atoms with Gasteiger partial charge in [0.05, 0.1) is 5.60 Å². The molecule has 2 rings (SSSR count). The first-order chi connectivity index (χ1) is 6.80. The maximum Gasteiger partial charge on any atom is 0.0685 e. The van der Waals surface area contributed by atoms with Crippen LogP contribution in [-0.4, -0.2) is 10.7 Å². The molecule has 0 aromatic carbocycles. The smallest absolute Gasteiger partial charge is 0.0685 e. The van der Waals surface area contributed by atoms with Crippen molar-refractivity contribution in [3.8, 4) is 0 Å². The van der Waals surface area contributed by atoms with Crippen LogP contribution in [0.1, 0.15) is 53.4 Å². The highest BCUT2D eigenvalue weighted by molar-refractivity contribution is 5.11. The number of allylic oxidation sites excluding steroid dienone is 1. The largest absolute Gasteiger partial charge is 0.390 e. The minimum Gasteiger partial charge on any atom is -0.390 e. The predicted molar refractivity (Wildman–Crippen MR) is 63.6 cm³/mol. The number of aliphatic hydroxyl groups is 1. The van der Waals surface area contributed by atoms with Gasteiger partial charge in [-0.1, -0.05) is 25.5 Å². The highest BCUT2D eigenvalue weighted by atomic mass is 16.3. The maximum atomic E-state index is 10.5. The molecule has 0 aromatic heterocycles. The quantitative estimate of drug-likeness (QED) is 0.604. The summed E-state index contributed by atoms with van der Waals surface area (Å²) in [6.45, 7) is 8.93. The topological polar surface area (TPSA) is 20.2 Å². The Morgan fingerprint density at radius 1 is 1.27 bits per heavy atom. The summed E-state index contributed by atoms with van der Waals surface area (Å²) in [5.74, 6) is 1.20. The average molecular weight is 208 g/mol. The van der Waals surface area contributed by atoms with E-state index in [1.54, 1.807) is 0 Å². The van der Waals surface area contributed by atoms with Gasteiger partial charge in [0.25, 0.3) is 0 Å². The van der Waals surface area contributed by atoms with Crippen molar-refractivity contribution >= 4 is 0 Å². The molecule has 0 heterocycles. The van der Waals surface area contributed by atoms with Crippen LogP contribution in [-0.2, 0) is 0 Å². The van der Waals surface area contributed by atoms with Gasteiger partial charge in [-0.2, -0.15) is 0 Å². The van der Waals surface area contributed by atoms with Crippen molar-refractivity contribution < 1.29 is 5.11 Å². The van der Waals surface area contributed by atoms with Gasteiger partial charge in [0.15, 0.2) is 0 Å². The van der Waals surface area contributed by atoms with E-state index < -0.39 is 5.60 Å². The molecular weight excluding hydrogens is 184 g/mol. The summed E-state index contributed by atoms with van der Waals surface area (Å²) >= 11 is 0. The molecule has 0 radical (unpaired) electrons. The van der Waals surface area contributed by atoms with Crippen molar-refractivity contribution in [3.63, 3.8) is 0 Å². The third-order valence-corrected chi connectivity index (χ3v) is 4.40. The van der Waals surface area contributed by atoms with Crippen LogP contribution in [0, 0.1) is 17.3 Å². The summed E-state index contributed by atoms with van der Waals surface area (Å²) in [5, 5.41) is 10.5. The average Bonchev–Trinajstić information content (AvgIpc) is 2.34. The van der Waals surface area contributed by atoms with E-state index in [4.69, 9.17) is 0 Å². The second-order valence-electron chi connectivity index (χ2n) is 6.75. The van der Waals surface area contributed by atoms with Crippen LogP contribution in [0.2, 0.25) is 0 Å². The summed E-state index contributed by atoms with van der Waals surface area (Å²) in [7, 11) is 0. The molecule has 0 bridgehead atoms. The Labute approximate surface area is 93.6 Å².